The molecule has 0 saturated carbocycles. The van der Waals surface area contributed by atoms with E-state index in [-0.39, 0.29) is 17.6 Å². The molecule has 2 heterocycles. The highest BCUT2D eigenvalue weighted by atomic mass is 19.1. The minimum atomic E-state index is -0.286. The second-order valence-electron chi connectivity index (χ2n) is 6.89. The zero-order valence-corrected chi connectivity index (χ0v) is 15.4. The fourth-order valence-corrected chi connectivity index (χ4v) is 3.49. The van der Waals surface area contributed by atoms with Crippen molar-refractivity contribution in [3.8, 4) is 0 Å². The topological polar surface area (TPSA) is 58.1 Å². The van der Waals surface area contributed by atoms with Gasteiger partial charge in [0.1, 0.15) is 5.82 Å². The number of aromatic nitrogens is 2. The van der Waals surface area contributed by atoms with Gasteiger partial charge in [0.2, 0.25) is 5.95 Å². The summed E-state index contributed by atoms with van der Waals surface area (Å²) >= 11 is 0. The number of hydrogen-bond acceptors (Lipinski definition) is 4. The van der Waals surface area contributed by atoms with Crippen LogP contribution in [0.4, 0.5) is 16.0 Å². The number of piperidine rings is 1. The van der Waals surface area contributed by atoms with Crippen LogP contribution in [0.5, 0.6) is 0 Å². The highest BCUT2D eigenvalue weighted by Gasteiger charge is 2.26. The maximum Gasteiger partial charge on any atom is 0.253 e. The zero-order chi connectivity index (χ0) is 19.3. The molecule has 0 bridgehead atoms. The van der Waals surface area contributed by atoms with Gasteiger partial charge in [-0.25, -0.2) is 14.4 Å². The molecule has 1 amide bonds. The first-order chi connectivity index (χ1) is 13.7. The average molecular weight is 376 g/mol. The van der Waals surface area contributed by atoms with E-state index in [9.17, 15) is 9.18 Å². The number of hydrogen-bond donors (Lipinski definition) is 1. The molecule has 4 rings (SSSR count). The second-order valence-corrected chi connectivity index (χ2v) is 6.89. The minimum absolute atomic E-state index is 0.0593. The molecule has 1 aliphatic heterocycles. The van der Waals surface area contributed by atoms with Crippen molar-refractivity contribution in [3.05, 3.63) is 83.9 Å². The summed E-state index contributed by atoms with van der Waals surface area (Å²) in [5, 5.41) is 3.10. The molecule has 142 valence electrons. The van der Waals surface area contributed by atoms with Gasteiger partial charge >= 0.3 is 0 Å². The predicted molar refractivity (Wildman–Crippen MR) is 106 cm³/mol. The maximum absolute atomic E-state index is 13.1. The summed E-state index contributed by atoms with van der Waals surface area (Å²) in [6.45, 7) is 1.40. The Morgan fingerprint density at radius 2 is 1.86 bits per heavy atom. The number of halogens is 1. The van der Waals surface area contributed by atoms with Crippen LogP contribution >= 0.6 is 0 Å². The number of nitrogens with one attached hydrogen (secondary N) is 1. The summed E-state index contributed by atoms with van der Waals surface area (Å²) < 4.78 is 13.1. The van der Waals surface area contributed by atoms with Gasteiger partial charge in [-0.1, -0.05) is 18.2 Å². The van der Waals surface area contributed by atoms with Crippen LogP contribution in [0.15, 0.2) is 66.9 Å². The molecule has 0 unspecified atom stereocenters. The number of benzene rings is 2. The number of nitrogens with zero attached hydrogens (tertiary/aromatic N) is 3. The lowest BCUT2D eigenvalue weighted by atomic mass is 9.94. The maximum atomic E-state index is 13.1. The van der Waals surface area contributed by atoms with Crippen LogP contribution in [0, 0.1) is 5.82 Å². The Labute approximate surface area is 163 Å². The molecular weight excluding hydrogens is 355 g/mol. The summed E-state index contributed by atoms with van der Waals surface area (Å²) in [5.74, 6) is 0.406. The molecule has 2 aromatic carbocycles. The van der Waals surface area contributed by atoms with Crippen molar-refractivity contribution in [1.82, 2.24) is 14.9 Å². The van der Waals surface area contributed by atoms with Crippen LogP contribution in [-0.2, 0) is 0 Å². The van der Waals surface area contributed by atoms with Gasteiger partial charge < -0.3 is 10.2 Å². The summed E-state index contributed by atoms with van der Waals surface area (Å²) in [6, 6.07) is 17.3. The van der Waals surface area contributed by atoms with Gasteiger partial charge in [0.05, 0.1) is 5.69 Å². The van der Waals surface area contributed by atoms with Gasteiger partial charge in [-0.3, -0.25) is 4.79 Å². The lowest BCUT2D eigenvalue weighted by molar-refractivity contribution is 0.0706. The molecular formula is C22H21FN4O. The van der Waals surface area contributed by atoms with E-state index in [1.54, 1.807) is 18.3 Å². The van der Waals surface area contributed by atoms with E-state index in [4.69, 9.17) is 0 Å². The molecule has 0 aliphatic carbocycles. The number of anilines is 2. The number of carbonyl (C=O) groups excluding carboxylic acids is 1. The first kappa shape index (κ1) is 18.1. The van der Waals surface area contributed by atoms with Gasteiger partial charge in [-0.05, 0) is 55.3 Å². The van der Waals surface area contributed by atoms with Crippen LogP contribution in [0.3, 0.4) is 0 Å². The summed E-state index contributed by atoms with van der Waals surface area (Å²) in [6.07, 6.45) is 3.63. The van der Waals surface area contributed by atoms with E-state index in [1.165, 1.54) is 12.1 Å². The van der Waals surface area contributed by atoms with Gasteiger partial charge in [0.15, 0.2) is 0 Å². The molecule has 0 spiro atoms. The van der Waals surface area contributed by atoms with Crippen molar-refractivity contribution in [2.45, 2.75) is 18.8 Å². The van der Waals surface area contributed by atoms with Crippen LogP contribution in [0.1, 0.15) is 34.8 Å². The monoisotopic (exact) mass is 376 g/mol. The minimum Gasteiger partial charge on any atom is -0.338 e. The molecule has 6 heteroatoms. The van der Waals surface area contributed by atoms with Gasteiger partial charge in [-0.2, -0.15) is 0 Å². The van der Waals surface area contributed by atoms with E-state index in [0.717, 1.165) is 30.8 Å². The van der Waals surface area contributed by atoms with E-state index >= 15 is 0 Å². The van der Waals surface area contributed by atoms with Crippen molar-refractivity contribution in [2.75, 3.05) is 18.4 Å². The van der Waals surface area contributed by atoms with Gasteiger partial charge in [0, 0.05) is 36.5 Å². The Balaban J connectivity index is 1.47. The molecule has 3 aromatic rings. The van der Waals surface area contributed by atoms with Crippen LogP contribution in [0.25, 0.3) is 0 Å². The van der Waals surface area contributed by atoms with Crippen molar-refractivity contribution in [1.29, 1.82) is 0 Å². The van der Waals surface area contributed by atoms with Crippen LogP contribution in [0.2, 0.25) is 0 Å². The molecule has 5 nitrogen and oxygen atoms in total. The quantitative estimate of drug-likeness (QED) is 0.734. The third-order valence-electron chi connectivity index (χ3n) is 4.93. The first-order valence-electron chi connectivity index (χ1n) is 9.39. The highest BCUT2D eigenvalue weighted by molar-refractivity contribution is 5.94. The summed E-state index contributed by atoms with van der Waals surface area (Å²) in [7, 11) is 0. The van der Waals surface area contributed by atoms with Crippen molar-refractivity contribution >= 4 is 17.5 Å². The SMILES string of the molecule is O=C(c1ccccc1)N1CCC[C@@H](c2ccnc(Nc3ccc(F)cc3)n2)C1. The third-order valence-corrected chi connectivity index (χ3v) is 4.93. The van der Waals surface area contributed by atoms with E-state index in [2.05, 4.69) is 15.3 Å². The Hall–Kier alpha value is -3.28. The fourth-order valence-electron chi connectivity index (χ4n) is 3.49. The van der Waals surface area contributed by atoms with Gasteiger partial charge in [0.25, 0.3) is 5.91 Å². The largest absolute Gasteiger partial charge is 0.338 e. The number of rotatable bonds is 4. The number of amides is 1. The smallest absolute Gasteiger partial charge is 0.253 e. The summed E-state index contributed by atoms with van der Waals surface area (Å²) in [5.41, 5.74) is 2.35. The van der Waals surface area contributed by atoms with E-state index in [1.807, 2.05) is 41.3 Å². The van der Waals surface area contributed by atoms with E-state index < -0.39 is 0 Å². The van der Waals surface area contributed by atoms with Crippen LogP contribution in [-0.4, -0.2) is 33.9 Å². The third kappa shape index (κ3) is 4.17. The molecule has 28 heavy (non-hydrogen) atoms. The predicted octanol–water partition coefficient (Wildman–Crippen LogP) is 4.38. The lowest BCUT2D eigenvalue weighted by Gasteiger charge is -2.32. The Morgan fingerprint density at radius 3 is 2.64 bits per heavy atom. The normalized spacial score (nSPS) is 16.6. The molecule has 1 fully saturated rings. The highest BCUT2D eigenvalue weighted by Crippen LogP contribution is 2.27. The molecule has 0 radical (unpaired) electrons. The van der Waals surface area contributed by atoms with Crippen molar-refractivity contribution in [3.63, 3.8) is 0 Å². The molecule has 1 aliphatic rings. The molecule has 1 N–H and O–H groups in total. The Morgan fingerprint density at radius 1 is 1.07 bits per heavy atom. The standard InChI is InChI=1S/C22H21FN4O/c23-18-8-10-19(11-9-18)25-22-24-13-12-20(26-22)17-7-4-14-27(15-17)21(28)16-5-2-1-3-6-16/h1-3,5-6,8-13,17H,4,7,14-15H2,(H,24,25,26)/t17-/m1/s1. The molecule has 1 atom stereocenters. The van der Waals surface area contributed by atoms with Gasteiger partial charge in [-0.15, -0.1) is 0 Å². The number of carbonyl (C=O) groups is 1. The van der Waals surface area contributed by atoms with Crippen LogP contribution < -0.4 is 5.32 Å². The van der Waals surface area contributed by atoms with E-state index in [0.29, 0.717) is 18.1 Å². The molecule has 1 aromatic heterocycles. The number of likely N-dealkylation sites (tertiary alicyclic amines) is 1. The molecule has 1 saturated heterocycles. The first-order valence-corrected chi connectivity index (χ1v) is 9.39. The second kappa shape index (κ2) is 8.17. The fraction of sp³-hybridized carbons (Fsp3) is 0.227. The lowest BCUT2D eigenvalue weighted by Crippen LogP contribution is -2.39. The average Bonchev–Trinajstić information content (AvgIpc) is 2.76. The van der Waals surface area contributed by atoms with Crippen molar-refractivity contribution < 1.29 is 9.18 Å². The Kier molecular flexibility index (Phi) is 5.28. The zero-order valence-electron chi connectivity index (χ0n) is 15.4. The summed E-state index contributed by atoms with van der Waals surface area (Å²) in [4.78, 5) is 23.5. The van der Waals surface area contributed by atoms with Crippen molar-refractivity contribution in [2.24, 2.45) is 0 Å². The Bertz CT molecular complexity index is 946.